The largest absolute Gasteiger partial charge is 0.354 e. The fourth-order valence-corrected chi connectivity index (χ4v) is 5.56. The van der Waals surface area contributed by atoms with Crippen molar-refractivity contribution in [2.75, 3.05) is 44.2 Å². The molecule has 142 valence electrons. The third kappa shape index (κ3) is 3.17. The first-order valence-corrected chi connectivity index (χ1v) is 10.5. The minimum atomic E-state index is -3.37. The lowest BCUT2D eigenvalue weighted by Gasteiger charge is -2.39. The highest BCUT2D eigenvalue weighted by molar-refractivity contribution is 7.86. The quantitative estimate of drug-likeness (QED) is 0.773. The summed E-state index contributed by atoms with van der Waals surface area (Å²) in [4.78, 5) is 10.7. The zero-order valence-corrected chi connectivity index (χ0v) is 16.1. The van der Waals surface area contributed by atoms with Gasteiger partial charge in [0.1, 0.15) is 12.1 Å². The lowest BCUT2D eigenvalue weighted by atomic mass is 10.0. The van der Waals surface area contributed by atoms with E-state index in [9.17, 15) is 8.42 Å². The molecule has 0 amide bonds. The molecule has 0 radical (unpaired) electrons. The molecule has 0 bridgehead atoms. The second kappa shape index (κ2) is 6.75. The van der Waals surface area contributed by atoms with Crippen LogP contribution in [0.4, 0.5) is 5.82 Å². The van der Waals surface area contributed by atoms with Gasteiger partial charge in [-0.3, -0.25) is 0 Å². The van der Waals surface area contributed by atoms with Gasteiger partial charge in [0.25, 0.3) is 16.0 Å². The molecule has 2 aromatic heterocycles. The molecule has 26 heavy (non-hydrogen) atoms. The van der Waals surface area contributed by atoms with Crippen molar-refractivity contribution in [2.45, 2.75) is 26.7 Å². The maximum Gasteiger partial charge on any atom is 0.282 e. The zero-order valence-electron chi connectivity index (χ0n) is 15.2. The highest BCUT2D eigenvalue weighted by atomic mass is 32.2. The molecule has 0 aliphatic carbocycles. The first-order valence-electron chi connectivity index (χ1n) is 9.13. The highest BCUT2D eigenvalue weighted by Crippen LogP contribution is 2.23. The number of rotatable bonds is 3. The molecule has 9 nitrogen and oxygen atoms in total. The van der Waals surface area contributed by atoms with Crippen LogP contribution in [-0.4, -0.2) is 75.9 Å². The fraction of sp³-hybridized carbons (Fsp3) is 0.688. The number of piperidine rings is 1. The van der Waals surface area contributed by atoms with Crippen molar-refractivity contribution in [3.05, 3.63) is 18.1 Å². The standard InChI is InChI=1S/C16H25N7O2S/c1-13-4-3-5-22(11-13)26(24,25)21-8-6-20(7-9-21)15-10-14(2)19-16-17-12-18-23(15)16/h10,12-13H,3-9,11H2,1-2H3. The van der Waals surface area contributed by atoms with Crippen LogP contribution in [0, 0.1) is 12.8 Å². The SMILES string of the molecule is Cc1cc(N2CCN(S(=O)(=O)N3CCCC(C)C3)CC2)n2ncnc2n1. The highest BCUT2D eigenvalue weighted by Gasteiger charge is 2.34. The lowest BCUT2D eigenvalue weighted by Crippen LogP contribution is -2.54. The van der Waals surface area contributed by atoms with Gasteiger partial charge in [-0.15, -0.1) is 0 Å². The maximum atomic E-state index is 13.0. The smallest absolute Gasteiger partial charge is 0.282 e. The number of fused-ring (bicyclic) bond motifs is 1. The van der Waals surface area contributed by atoms with E-state index in [-0.39, 0.29) is 0 Å². The summed E-state index contributed by atoms with van der Waals surface area (Å²) >= 11 is 0. The van der Waals surface area contributed by atoms with E-state index in [2.05, 4.69) is 26.9 Å². The molecule has 2 aliphatic heterocycles. The molecule has 10 heteroatoms. The second-order valence-corrected chi connectivity index (χ2v) is 9.16. The average molecular weight is 379 g/mol. The summed E-state index contributed by atoms with van der Waals surface area (Å²) in [6.45, 7) is 7.52. The van der Waals surface area contributed by atoms with Gasteiger partial charge in [0, 0.05) is 51.0 Å². The number of anilines is 1. The van der Waals surface area contributed by atoms with E-state index in [1.807, 2.05) is 13.0 Å². The predicted octanol–water partition coefficient (Wildman–Crippen LogP) is 0.531. The first kappa shape index (κ1) is 17.6. The molecule has 4 heterocycles. The summed E-state index contributed by atoms with van der Waals surface area (Å²) in [7, 11) is -3.37. The minimum absolute atomic E-state index is 0.431. The van der Waals surface area contributed by atoms with E-state index in [4.69, 9.17) is 0 Å². The maximum absolute atomic E-state index is 13.0. The van der Waals surface area contributed by atoms with Gasteiger partial charge in [-0.2, -0.15) is 31.6 Å². The Morgan fingerprint density at radius 3 is 2.62 bits per heavy atom. The van der Waals surface area contributed by atoms with E-state index in [0.717, 1.165) is 24.4 Å². The Labute approximate surface area is 153 Å². The number of hydrogen-bond donors (Lipinski definition) is 0. The molecule has 2 fully saturated rings. The first-order chi connectivity index (χ1) is 12.4. The van der Waals surface area contributed by atoms with Gasteiger partial charge >= 0.3 is 0 Å². The summed E-state index contributed by atoms with van der Waals surface area (Å²) in [5.74, 6) is 1.91. The van der Waals surface area contributed by atoms with Crippen LogP contribution < -0.4 is 4.90 Å². The van der Waals surface area contributed by atoms with E-state index in [1.54, 1.807) is 13.1 Å². The third-order valence-corrected chi connectivity index (χ3v) is 7.20. The van der Waals surface area contributed by atoms with E-state index in [0.29, 0.717) is 51.0 Å². The molecule has 1 atom stereocenters. The van der Waals surface area contributed by atoms with Gasteiger partial charge in [-0.05, 0) is 25.7 Å². The van der Waals surface area contributed by atoms with Crippen molar-refractivity contribution in [3.8, 4) is 0 Å². The normalized spacial score (nSPS) is 23.6. The number of aromatic nitrogens is 4. The Morgan fingerprint density at radius 2 is 1.88 bits per heavy atom. The van der Waals surface area contributed by atoms with Crippen molar-refractivity contribution in [1.82, 2.24) is 28.2 Å². The fourth-order valence-electron chi connectivity index (χ4n) is 3.80. The molecule has 2 aromatic rings. The molecule has 0 spiro atoms. The molecule has 0 aromatic carbocycles. The number of aryl methyl sites for hydroxylation is 1. The Morgan fingerprint density at radius 1 is 1.12 bits per heavy atom. The van der Waals surface area contributed by atoms with Crippen molar-refractivity contribution < 1.29 is 8.42 Å². The van der Waals surface area contributed by atoms with Gasteiger partial charge < -0.3 is 4.90 Å². The van der Waals surface area contributed by atoms with Crippen LogP contribution in [0.25, 0.3) is 5.78 Å². The summed E-state index contributed by atoms with van der Waals surface area (Å²) in [6, 6.07) is 1.97. The van der Waals surface area contributed by atoms with Crippen LogP contribution >= 0.6 is 0 Å². The predicted molar refractivity (Wildman–Crippen MR) is 98.2 cm³/mol. The van der Waals surface area contributed by atoms with E-state index >= 15 is 0 Å². The van der Waals surface area contributed by atoms with Gasteiger partial charge in [0.05, 0.1) is 0 Å². The van der Waals surface area contributed by atoms with Crippen LogP contribution in [0.15, 0.2) is 12.4 Å². The minimum Gasteiger partial charge on any atom is -0.354 e. The van der Waals surface area contributed by atoms with Gasteiger partial charge in [0.15, 0.2) is 0 Å². The monoisotopic (exact) mass is 379 g/mol. The van der Waals surface area contributed by atoms with Crippen molar-refractivity contribution in [3.63, 3.8) is 0 Å². The topological polar surface area (TPSA) is 86.9 Å². The van der Waals surface area contributed by atoms with Crippen molar-refractivity contribution >= 4 is 21.8 Å². The summed E-state index contributed by atoms with van der Waals surface area (Å²) in [5.41, 5.74) is 0.873. The Hall–Kier alpha value is -1.78. The number of nitrogens with zero attached hydrogens (tertiary/aromatic N) is 7. The van der Waals surface area contributed by atoms with E-state index < -0.39 is 10.2 Å². The molecule has 2 aliphatic rings. The van der Waals surface area contributed by atoms with Crippen molar-refractivity contribution in [1.29, 1.82) is 0 Å². The van der Waals surface area contributed by atoms with Crippen LogP contribution in [0.1, 0.15) is 25.5 Å². The molecule has 1 unspecified atom stereocenters. The zero-order chi connectivity index (χ0) is 18.3. The van der Waals surface area contributed by atoms with Crippen LogP contribution in [0.3, 0.4) is 0 Å². The second-order valence-electron chi connectivity index (χ2n) is 7.23. The summed E-state index contributed by atoms with van der Waals surface area (Å²) in [6.07, 6.45) is 3.54. The molecule has 0 N–H and O–H groups in total. The lowest BCUT2D eigenvalue weighted by molar-refractivity contribution is 0.254. The number of piperazine rings is 1. The number of hydrogen-bond acceptors (Lipinski definition) is 6. The van der Waals surface area contributed by atoms with Crippen LogP contribution in [0.2, 0.25) is 0 Å². The van der Waals surface area contributed by atoms with Gasteiger partial charge in [-0.25, -0.2) is 4.98 Å². The third-order valence-electron chi connectivity index (χ3n) is 5.20. The molecular weight excluding hydrogens is 354 g/mol. The Kier molecular flexibility index (Phi) is 4.57. The Bertz CT molecular complexity index is 889. The molecule has 4 rings (SSSR count). The molecule has 2 saturated heterocycles. The Balaban J connectivity index is 1.49. The van der Waals surface area contributed by atoms with Crippen LogP contribution in [-0.2, 0) is 10.2 Å². The van der Waals surface area contributed by atoms with Crippen LogP contribution in [0.5, 0.6) is 0 Å². The molecule has 0 saturated carbocycles. The van der Waals surface area contributed by atoms with Crippen molar-refractivity contribution in [2.24, 2.45) is 5.92 Å². The van der Waals surface area contributed by atoms with Gasteiger partial charge in [-0.1, -0.05) is 6.92 Å². The summed E-state index contributed by atoms with van der Waals surface area (Å²) in [5, 5.41) is 4.25. The van der Waals surface area contributed by atoms with Gasteiger partial charge in [0.2, 0.25) is 0 Å². The molecular formula is C16H25N7O2S. The van der Waals surface area contributed by atoms with E-state index in [1.165, 1.54) is 6.33 Å². The summed E-state index contributed by atoms with van der Waals surface area (Å²) < 4.78 is 30.9. The average Bonchev–Trinajstić information content (AvgIpc) is 3.09.